The summed E-state index contributed by atoms with van der Waals surface area (Å²) < 4.78 is 5.82. The Balaban J connectivity index is 1.15. The molecule has 2 aromatic rings. The summed E-state index contributed by atoms with van der Waals surface area (Å²) >= 11 is 0. The van der Waals surface area contributed by atoms with Gasteiger partial charge in [0.2, 0.25) is 5.88 Å². The first-order valence-corrected chi connectivity index (χ1v) is 10.6. The molecule has 0 amide bonds. The summed E-state index contributed by atoms with van der Waals surface area (Å²) in [6.45, 7) is 5.57. The lowest BCUT2D eigenvalue weighted by molar-refractivity contribution is 0.235. The van der Waals surface area contributed by atoms with E-state index in [2.05, 4.69) is 30.8 Å². The summed E-state index contributed by atoms with van der Waals surface area (Å²) in [6.07, 6.45) is 10.1. The molecule has 0 N–H and O–H groups in total. The number of aryl methyl sites for hydroxylation is 2. The van der Waals surface area contributed by atoms with E-state index in [0.717, 1.165) is 75.6 Å². The van der Waals surface area contributed by atoms with Crippen molar-refractivity contribution in [3.05, 3.63) is 41.5 Å². The Hall–Kier alpha value is -2.72. The largest absolute Gasteiger partial charge is 0.477 e. The Labute approximate surface area is 172 Å². The average molecular weight is 393 g/mol. The van der Waals surface area contributed by atoms with E-state index in [9.17, 15) is 5.26 Å². The smallest absolute Gasteiger partial charge is 0.232 e. The highest BCUT2D eigenvalue weighted by atomic mass is 16.5. The molecule has 0 unspecified atom stereocenters. The maximum atomic E-state index is 9.26. The molecule has 2 aromatic heterocycles. The van der Waals surface area contributed by atoms with Gasteiger partial charge in [0, 0.05) is 32.4 Å². The summed E-state index contributed by atoms with van der Waals surface area (Å²) in [5, 5.41) is 9.26. The van der Waals surface area contributed by atoms with Crippen molar-refractivity contribution in [2.75, 3.05) is 44.2 Å². The van der Waals surface area contributed by atoms with E-state index in [4.69, 9.17) is 4.74 Å². The maximum absolute atomic E-state index is 9.26. The maximum Gasteiger partial charge on any atom is 0.232 e. The van der Waals surface area contributed by atoms with E-state index in [1.54, 1.807) is 12.4 Å². The zero-order valence-electron chi connectivity index (χ0n) is 16.9. The van der Waals surface area contributed by atoms with Gasteiger partial charge in [-0.05, 0) is 57.2 Å². The van der Waals surface area contributed by atoms with Crippen LogP contribution in [0, 0.1) is 11.3 Å². The molecule has 2 aliphatic rings. The Morgan fingerprint density at radius 1 is 1.03 bits per heavy atom. The molecule has 0 spiro atoms. The van der Waals surface area contributed by atoms with Gasteiger partial charge in [0.25, 0.3) is 0 Å². The molecular formula is C22H28N6O. The number of rotatable bonds is 7. The van der Waals surface area contributed by atoms with Crippen LogP contribution in [-0.2, 0) is 12.8 Å². The van der Waals surface area contributed by atoms with Gasteiger partial charge in [0.15, 0.2) is 0 Å². The van der Waals surface area contributed by atoms with E-state index in [-0.39, 0.29) is 0 Å². The predicted octanol–water partition coefficient (Wildman–Crippen LogP) is 2.60. The van der Waals surface area contributed by atoms with Gasteiger partial charge >= 0.3 is 0 Å². The molecule has 7 heteroatoms. The van der Waals surface area contributed by atoms with E-state index in [1.165, 1.54) is 12.8 Å². The number of unbranched alkanes of at least 4 members (excludes halogenated alkanes) is 1. The molecule has 29 heavy (non-hydrogen) atoms. The zero-order valence-corrected chi connectivity index (χ0v) is 16.9. The number of nitriles is 1. The first-order chi connectivity index (χ1) is 14.3. The molecule has 7 nitrogen and oxygen atoms in total. The number of ether oxygens (including phenoxy) is 1. The van der Waals surface area contributed by atoms with Crippen molar-refractivity contribution in [1.29, 1.82) is 5.26 Å². The third-order valence-electron chi connectivity index (χ3n) is 5.68. The van der Waals surface area contributed by atoms with Gasteiger partial charge in [0.1, 0.15) is 11.9 Å². The molecule has 3 heterocycles. The van der Waals surface area contributed by atoms with E-state index >= 15 is 0 Å². The van der Waals surface area contributed by atoms with Gasteiger partial charge in [-0.25, -0.2) is 9.97 Å². The summed E-state index contributed by atoms with van der Waals surface area (Å²) in [5.41, 5.74) is 2.93. The second-order valence-electron chi connectivity index (χ2n) is 7.68. The second-order valence-corrected chi connectivity index (χ2v) is 7.68. The molecular weight excluding hydrogens is 364 g/mol. The van der Waals surface area contributed by atoms with Crippen molar-refractivity contribution in [2.24, 2.45) is 0 Å². The number of pyridine rings is 1. The number of hydrogen-bond acceptors (Lipinski definition) is 7. The van der Waals surface area contributed by atoms with Crippen LogP contribution in [0.25, 0.3) is 0 Å². The number of piperazine rings is 1. The van der Waals surface area contributed by atoms with Crippen LogP contribution in [0.2, 0.25) is 0 Å². The zero-order chi connectivity index (χ0) is 19.9. The fraction of sp³-hybridized carbons (Fsp3) is 0.545. The van der Waals surface area contributed by atoms with Gasteiger partial charge in [-0.2, -0.15) is 5.26 Å². The topological polar surface area (TPSA) is 78.2 Å². The van der Waals surface area contributed by atoms with Crippen LogP contribution in [0.1, 0.15) is 42.6 Å². The van der Waals surface area contributed by atoms with Crippen LogP contribution in [0.4, 0.5) is 5.82 Å². The Morgan fingerprint density at radius 3 is 2.69 bits per heavy atom. The normalized spacial score (nSPS) is 16.9. The van der Waals surface area contributed by atoms with Crippen LogP contribution in [0.15, 0.2) is 24.5 Å². The van der Waals surface area contributed by atoms with Crippen molar-refractivity contribution in [3.8, 4) is 11.9 Å². The van der Waals surface area contributed by atoms with Crippen molar-refractivity contribution >= 4 is 5.82 Å². The quantitative estimate of drug-likeness (QED) is 0.670. The molecule has 1 aliphatic carbocycles. The number of nitrogens with zero attached hydrogens (tertiary/aromatic N) is 6. The molecule has 0 radical (unpaired) electrons. The van der Waals surface area contributed by atoms with Gasteiger partial charge in [0.05, 0.1) is 29.8 Å². The van der Waals surface area contributed by atoms with E-state index in [0.29, 0.717) is 18.1 Å². The highest BCUT2D eigenvalue weighted by Gasteiger charge is 2.19. The minimum absolute atomic E-state index is 0.656. The molecule has 0 atom stereocenters. The lowest BCUT2D eigenvalue weighted by atomic mass is 10.0. The molecule has 4 rings (SSSR count). The standard InChI is InChI=1S/C22H28N6O/c23-16-18-6-5-9-24-22(18)28-13-11-27(12-14-28)10-3-4-15-29-21-17-25-19-7-1-2-8-20(19)26-21/h5-6,9,17H,1-4,7-8,10-15H2. The fourth-order valence-corrected chi connectivity index (χ4v) is 4.03. The van der Waals surface area contributed by atoms with Crippen molar-refractivity contribution < 1.29 is 4.74 Å². The summed E-state index contributed by atoms with van der Waals surface area (Å²) in [4.78, 5) is 18.2. The Bertz CT molecular complexity index is 857. The van der Waals surface area contributed by atoms with Gasteiger partial charge in [-0.3, -0.25) is 9.88 Å². The molecule has 1 saturated heterocycles. The molecule has 1 aliphatic heterocycles. The first-order valence-electron chi connectivity index (χ1n) is 10.6. The number of fused-ring (bicyclic) bond motifs is 1. The Kier molecular flexibility index (Phi) is 6.52. The summed E-state index contributed by atoms with van der Waals surface area (Å²) in [5.74, 6) is 1.48. The highest BCUT2D eigenvalue weighted by Crippen LogP contribution is 2.20. The first kappa shape index (κ1) is 19.6. The lowest BCUT2D eigenvalue weighted by Gasteiger charge is -2.35. The van der Waals surface area contributed by atoms with Crippen LogP contribution in [-0.4, -0.2) is 59.2 Å². The minimum Gasteiger partial charge on any atom is -0.477 e. The molecule has 0 bridgehead atoms. The monoisotopic (exact) mass is 392 g/mol. The summed E-state index contributed by atoms with van der Waals surface area (Å²) in [7, 11) is 0. The average Bonchev–Trinajstić information content (AvgIpc) is 2.79. The van der Waals surface area contributed by atoms with Gasteiger partial charge < -0.3 is 9.64 Å². The molecule has 152 valence electrons. The number of anilines is 1. The van der Waals surface area contributed by atoms with Gasteiger partial charge in [-0.1, -0.05) is 0 Å². The Morgan fingerprint density at radius 2 is 1.86 bits per heavy atom. The van der Waals surface area contributed by atoms with Crippen molar-refractivity contribution in [1.82, 2.24) is 19.9 Å². The fourth-order valence-electron chi connectivity index (χ4n) is 4.03. The molecule has 1 fully saturated rings. The van der Waals surface area contributed by atoms with Crippen LogP contribution in [0.3, 0.4) is 0 Å². The second kappa shape index (κ2) is 9.66. The van der Waals surface area contributed by atoms with E-state index < -0.39 is 0 Å². The summed E-state index contributed by atoms with van der Waals surface area (Å²) in [6, 6.07) is 5.89. The van der Waals surface area contributed by atoms with E-state index in [1.807, 2.05) is 12.1 Å². The number of hydrogen-bond donors (Lipinski definition) is 0. The molecule has 0 aromatic carbocycles. The minimum atomic E-state index is 0.656. The van der Waals surface area contributed by atoms with Crippen molar-refractivity contribution in [2.45, 2.75) is 38.5 Å². The van der Waals surface area contributed by atoms with Crippen LogP contribution >= 0.6 is 0 Å². The third-order valence-corrected chi connectivity index (χ3v) is 5.68. The van der Waals surface area contributed by atoms with Crippen LogP contribution in [0.5, 0.6) is 5.88 Å². The third kappa shape index (κ3) is 5.01. The highest BCUT2D eigenvalue weighted by molar-refractivity contribution is 5.53. The van der Waals surface area contributed by atoms with Crippen molar-refractivity contribution in [3.63, 3.8) is 0 Å². The molecule has 0 saturated carbocycles. The lowest BCUT2D eigenvalue weighted by Crippen LogP contribution is -2.47. The van der Waals surface area contributed by atoms with Crippen LogP contribution < -0.4 is 9.64 Å². The predicted molar refractivity (Wildman–Crippen MR) is 111 cm³/mol. The number of aromatic nitrogens is 3. The van der Waals surface area contributed by atoms with Gasteiger partial charge in [-0.15, -0.1) is 0 Å². The SMILES string of the molecule is N#Cc1cccnc1N1CCN(CCCCOc2cnc3c(n2)CCCC3)CC1.